The smallest absolute Gasteiger partial charge is 0.188 e. The van der Waals surface area contributed by atoms with E-state index >= 15 is 0 Å². The molecule has 0 spiro atoms. The zero-order valence-electron chi connectivity index (χ0n) is 14.0. The molecule has 2 aromatic carbocycles. The first-order chi connectivity index (χ1) is 12.7. The van der Waals surface area contributed by atoms with Crippen molar-refractivity contribution in [2.75, 3.05) is 6.61 Å². The molecule has 4 rings (SSSR count). The lowest BCUT2D eigenvalue weighted by Crippen LogP contribution is -2.11. The molecule has 1 aliphatic rings. The van der Waals surface area contributed by atoms with Gasteiger partial charge in [0, 0.05) is 4.90 Å². The number of thioether (sulfide) groups is 1. The number of halogens is 1. The van der Waals surface area contributed by atoms with Gasteiger partial charge in [-0.1, -0.05) is 18.2 Å². The lowest BCUT2D eigenvalue weighted by atomic mass is 10.1. The van der Waals surface area contributed by atoms with Crippen molar-refractivity contribution >= 4 is 11.8 Å². The Morgan fingerprint density at radius 2 is 2.00 bits per heavy atom. The third-order valence-electron chi connectivity index (χ3n) is 4.17. The summed E-state index contributed by atoms with van der Waals surface area (Å²) in [5.74, 6) is 1.66. The Balaban J connectivity index is 1.51. The van der Waals surface area contributed by atoms with E-state index in [1.807, 2.05) is 12.1 Å². The summed E-state index contributed by atoms with van der Waals surface area (Å²) in [6.45, 7) is 0.590. The van der Waals surface area contributed by atoms with Crippen molar-refractivity contribution in [3.63, 3.8) is 0 Å². The molecule has 0 radical (unpaired) electrons. The van der Waals surface area contributed by atoms with Crippen LogP contribution in [0.2, 0.25) is 0 Å². The van der Waals surface area contributed by atoms with E-state index in [1.165, 1.54) is 22.6 Å². The van der Waals surface area contributed by atoms with Gasteiger partial charge in [-0.3, -0.25) is 0 Å². The third kappa shape index (κ3) is 3.59. The maximum absolute atomic E-state index is 13.0. The molecule has 5 nitrogen and oxygen atoms in total. The fourth-order valence-electron chi connectivity index (χ4n) is 2.97. The molecule has 3 aromatic rings. The monoisotopic (exact) mass is 371 g/mol. The van der Waals surface area contributed by atoms with Crippen molar-refractivity contribution in [3.8, 4) is 5.75 Å². The second kappa shape index (κ2) is 7.47. The van der Waals surface area contributed by atoms with E-state index in [1.54, 1.807) is 28.6 Å². The number of rotatable bonds is 6. The van der Waals surface area contributed by atoms with Crippen LogP contribution in [0.3, 0.4) is 0 Å². The van der Waals surface area contributed by atoms with Gasteiger partial charge < -0.3 is 9.84 Å². The second-order valence-corrected chi connectivity index (χ2v) is 7.24. The molecule has 0 amide bonds. The van der Waals surface area contributed by atoms with Gasteiger partial charge in [0.2, 0.25) is 0 Å². The molecular weight excluding hydrogens is 353 g/mol. The minimum atomic E-state index is -0.303. The summed E-state index contributed by atoms with van der Waals surface area (Å²) in [7, 11) is 0. The van der Waals surface area contributed by atoms with Crippen LogP contribution < -0.4 is 4.74 Å². The Kier molecular flexibility index (Phi) is 4.90. The van der Waals surface area contributed by atoms with Crippen LogP contribution in [-0.4, -0.2) is 26.5 Å². The fourth-order valence-corrected chi connectivity index (χ4v) is 4.28. The number of ether oxygens (including phenoxy) is 1. The summed E-state index contributed by atoms with van der Waals surface area (Å²) in [6, 6.07) is 14.2. The minimum Gasteiger partial charge on any atom is -0.486 e. The number of fused-ring (bicyclic) bond motifs is 1. The molecule has 0 saturated heterocycles. The highest BCUT2D eigenvalue weighted by molar-refractivity contribution is 7.99. The average Bonchev–Trinajstić information content (AvgIpc) is 3.25. The Hall–Kier alpha value is -2.38. The van der Waals surface area contributed by atoms with E-state index in [0.717, 1.165) is 12.2 Å². The average molecular weight is 371 g/mol. The van der Waals surface area contributed by atoms with Gasteiger partial charge in [0.15, 0.2) is 5.82 Å². The molecule has 7 heteroatoms. The first-order valence-corrected chi connectivity index (χ1v) is 9.28. The van der Waals surface area contributed by atoms with E-state index in [4.69, 9.17) is 4.74 Å². The Morgan fingerprint density at radius 1 is 1.19 bits per heavy atom. The highest BCUT2D eigenvalue weighted by Gasteiger charge is 2.28. The first kappa shape index (κ1) is 17.1. The number of nitrogens with zero attached hydrogens (tertiary/aromatic N) is 3. The van der Waals surface area contributed by atoms with E-state index in [0.29, 0.717) is 18.1 Å². The topological polar surface area (TPSA) is 60.2 Å². The number of aromatic nitrogens is 3. The van der Waals surface area contributed by atoms with Gasteiger partial charge in [-0.2, -0.15) is 5.10 Å². The number of hydrogen-bond donors (Lipinski definition) is 1. The van der Waals surface area contributed by atoms with Gasteiger partial charge in [0.1, 0.15) is 24.0 Å². The predicted molar refractivity (Wildman–Crippen MR) is 96.6 cm³/mol. The lowest BCUT2D eigenvalue weighted by Gasteiger charge is -2.09. The summed E-state index contributed by atoms with van der Waals surface area (Å²) in [6.07, 6.45) is 0.892. The van der Waals surface area contributed by atoms with E-state index < -0.39 is 0 Å². The van der Waals surface area contributed by atoms with Crippen molar-refractivity contribution in [3.05, 3.63) is 71.6 Å². The summed E-state index contributed by atoms with van der Waals surface area (Å²) < 4.78 is 20.4. The van der Waals surface area contributed by atoms with Crippen LogP contribution in [0.15, 0.2) is 53.4 Å². The van der Waals surface area contributed by atoms with Crippen LogP contribution >= 0.6 is 11.8 Å². The molecule has 2 heterocycles. The number of hydrogen-bond acceptors (Lipinski definition) is 5. The van der Waals surface area contributed by atoms with Crippen LogP contribution in [0.25, 0.3) is 0 Å². The molecule has 26 heavy (non-hydrogen) atoms. The zero-order valence-corrected chi connectivity index (χ0v) is 14.8. The maximum Gasteiger partial charge on any atom is 0.188 e. The van der Waals surface area contributed by atoms with Crippen LogP contribution in [0.1, 0.15) is 22.5 Å². The highest BCUT2D eigenvalue weighted by Crippen LogP contribution is 2.45. The molecule has 1 aliphatic heterocycles. The van der Waals surface area contributed by atoms with Gasteiger partial charge in [-0.05, 0) is 42.3 Å². The number of aliphatic hydroxyl groups is 1. The van der Waals surface area contributed by atoms with Gasteiger partial charge in [0.25, 0.3) is 0 Å². The molecule has 1 atom stereocenters. The third-order valence-corrected chi connectivity index (χ3v) is 5.49. The lowest BCUT2D eigenvalue weighted by molar-refractivity contribution is 0.264. The highest BCUT2D eigenvalue weighted by atomic mass is 32.2. The van der Waals surface area contributed by atoms with Crippen molar-refractivity contribution < 1.29 is 14.2 Å². The quantitative estimate of drug-likeness (QED) is 0.720. The largest absolute Gasteiger partial charge is 0.486 e. The Labute approximate surface area is 154 Å². The summed E-state index contributed by atoms with van der Waals surface area (Å²) in [4.78, 5) is 5.91. The van der Waals surface area contributed by atoms with Gasteiger partial charge in [-0.15, -0.1) is 11.8 Å². The molecule has 0 fully saturated rings. The van der Waals surface area contributed by atoms with Gasteiger partial charge in [0.05, 0.1) is 18.4 Å². The number of benzene rings is 2. The van der Waals surface area contributed by atoms with Crippen molar-refractivity contribution in [2.45, 2.75) is 29.7 Å². The molecule has 1 N–H and O–H groups in total. The van der Waals surface area contributed by atoms with Crippen LogP contribution in [0.4, 0.5) is 4.39 Å². The molecule has 1 aromatic heterocycles. The molecule has 0 saturated carbocycles. The van der Waals surface area contributed by atoms with Crippen LogP contribution in [0, 0.1) is 5.82 Å². The SMILES string of the molecule is OCCn1nc(COc2ccc(F)cc2)nc1[C@H]1Cc2ccccc2S1. The Bertz CT molecular complexity index is 873. The Morgan fingerprint density at radius 3 is 2.77 bits per heavy atom. The summed E-state index contributed by atoms with van der Waals surface area (Å²) >= 11 is 1.77. The van der Waals surface area contributed by atoms with E-state index in [9.17, 15) is 9.50 Å². The predicted octanol–water partition coefficient (Wildman–Crippen LogP) is 3.38. The van der Waals surface area contributed by atoms with E-state index in [-0.39, 0.29) is 24.3 Å². The second-order valence-electron chi connectivity index (χ2n) is 5.99. The minimum absolute atomic E-state index is 0.00104. The molecular formula is C19H18FN3O2S. The molecule has 0 unspecified atom stereocenters. The van der Waals surface area contributed by atoms with Gasteiger partial charge in [-0.25, -0.2) is 14.1 Å². The van der Waals surface area contributed by atoms with E-state index in [2.05, 4.69) is 22.2 Å². The van der Waals surface area contributed by atoms with Gasteiger partial charge >= 0.3 is 0 Å². The fraction of sp³-hybridized carbons (Fsp3) is 0.263. The molecule has 0 bridgehead atoms. The standard InChI is InChI=1S/C19H18FN3O2S/c20-14-5-7-15(8-6-14)25-12-18-21-19(23(22-18)9-10-24)17-11-13-3-1-2-4-16(13)26-17/h1-8,17,24H,9-12H2/t17-/m1/s1. The number of aliphatic hydroxyl groups excluding tert-OH is 1. The molecule has 134 valence electrons. The summed E-state index contributed by atoms with van der Waals surface area (Å²) in [5.41, 5.74) is 1.31. The van der Waals surface area contributed by atoms with Crippen LogP contribution in [-0.2, 0) is 19.6 Å². The van der Waals surface area contributed by atoms with Crippen molar-refractivity contribution in [1.29, 1.82) is 0 Å². The summed E-state index contributed by atoms with van der Waals surface area (Å²) in [5, 5.41) is 14.0. The zero-order chi connectivity index (χ0) is 17.9. The molecule has 0 aliphatic carbocycles. The normalized spacial score (nSPS) is 15.8. The maximum atomic E-state index is 13.0. The van der Waals surface area contributed by atoms with Crippen molar-refractivity contribution in [1.82, 2.24) is 14.8 Å². The van der Waals surface area contributed by atoms with Crippen molar-refractivity contribution in [2.24, 2.45) is 0 Å². The first-order valence-electron chi connectivity index (χ1n) is 8.40. The van der Waals surface area contributed by atoms with Crippen LogP contribution in [0.5, 0.6) is 5.75 Å².